The standard InChI is InChI=1S/C12H18N2O2S/c1-13-8-4-7-12(15)14-10-5-3-6-11(9-10)17(2)16/h3,5-6,9,13H,4,7-8H2,1-2H3,(H,14,15). The zero-order valence-corrected chi connectivity index (χ0v) is 11.0. The van der Waals surface area contributed by atoms with Gasteiger partial charge >= 0.3 is 0 Å². The third-order valence-corrected chi connectivity index (χ3v) is 3.20. The Kier molecular flexibility index (Phi) is 5.86. The highest BCUT2D eigenvalue weighted by Gasteiger charge is 2.03. The number of carbonyl (C=O) groups excluding carboxylic acids is 1. The maximum absolute atomic E-state index is 11.6. The van der Waals surface area contributed by atoms with Gasteiger partial charge in [-0.05, 0) is 38.2 Å². The van der Waals surface area contributed by atoms with Crippen LogP contribution in [0.1, 0.15) is 12.8 Å². The average Bonchev–Trinajstić information content (AvgIpc) is 2.29. The van der Waals surface area contributed by atoms with Gasteiger partial charge in [-0.2, -0.15) is 0 Å². The van der Waals surface area contributed by atoms with Crippen LogP contribution >= 0.6 is 0 Å². The summed E-state index contributed by atoms with van der Waals surface area (Å²) in [4.78, 5) is 12.3. The maximum atomic E-state index is 11.6. The van der Waals surface area contributed by atoms with Gasteiger partial charge in [-0.3, -0.25) is 9.00 Å². The molecule has 0 heterocycles. The largest absolute Gasteiger partial charge is 0.326 e. The number of carbonyl (C=O) groups is 1. The van der Waals surface area contributed by atoms with E-state index in [1.807, 2.05) is 7.05 Å². The van der Waals surface area contributed by atoms with Crippen LogP contribution in [0.5, 0.6) is 0 Å². The Balaban J connectivity index is 2.53. The second-order valence-corrected chi connectivity index (χ2v) is 5.12. The Morgan fingerprint density at radius 3 is 2.82 bits per heavy atom. The molecule has 0 aliphatic heterocycles. The van der Waals surface area contributed by atoms with Crippen LogP contribution in [0.25, 0.3) is 0 Å². The summed E-state index contributed by atoms with van der Waals surface area (Å²) in [6, 6.07) is 7.12. The number of rotatable bonds is 6. The summed E-state index contributed by atoms with van der Waals surface area (Å²) in [5.74, 6) is -0.0146. The monoisotopic (exact) mass is 254 g/mol. The third kappa shape index (κ3) is 5.10. The number of hydrogen-bond acceptors (Lipinski definition) is 3. The molecule has 1 aromatic carbocycles. The van der Waals surface area contributed by atoms with Crippen LogP contribution in [0.3, 0.4) is 0 Å². The quantitative estimate of drug-likeness (QED) is 0.754. The molecular formula is C12H18N2O2S. The summed E-state index contributed by atoms with van der Waals surface area (Å²) < 4.78 is 11.3. The molecule has 0 aliphatic carbocycles. The molecule has 1 rings (SSSR count). The first kappa shape index (κ1) is 13.9. The van der Waals surface area contributed by atoms with Crippen LogP contribution in [0.4, 0.5) is 5.69 Å². The number of amides is 1. The second-order valence-electron chi connectivity index (χ2n) is 3.74. The second kappa shape index (κ2) is 7.19. The van der Waals surface area contributed by atoms with Gasteiger partial charge in [0, 0.05) is 34.1 Å². The highest BCUT2D eigenvalue weighted by atomic mass is 32.2. The Morgan fingerprint density at radius 2 is 2.18 bits per heavy atom. The van der Waals surface area contributed by atoms with Crippen molar-refractivity contribution in [1.82, 2.24) is 5.32 Å². The lowest BCUT2D eigenvalue weighted by Crippen LogP contribution is -2.15. The van der Waals surface area contributed by atoms with Crippen LogP contribution in [-0.4, -0.2) is 30.0 Å². The molecule has 4 nitrogen and oxygen atoms in total. The molecule has 1 aromatic rings. The predicted molar refractivity (Wildman–Crippen MR) is 70.6 cm³/mol. The predicted octanol–water partition coefficient (Wildman–Crippen LogP) is 1.36. The summed E-state index contributed by atoms with van der Waals surface area (Å²) >= 11 is 0. The molecule has 0 fully saturated rings. The maximum Gasteiger partial charge on any atom is 0.224 e. The molecule has 0 bridgehead atoms. The fraction of sp³-hybridized carbons (Fsp3) is 0.417. The molecular weight excluding hydrogens is 236 g/mol. The van der Waals surface area contributed by atoms with Crippen LogP contribution in [0, 0.1) is 0 Å². The minimum absolute atomic E-state index is 0.0146. The van der Waals surface area contributed by atoms with E-state index in [2.05, 4.69) is 10.6 Å². The molecule has 94 valence electrons. The summed E-state index contributed by atoms with van der Waals surface area (Å²) in [5.41, 5.74) is 0.701. The first-order valence-corrected chi connectivity index (χ1v) is 7.07. The van der Waals surface area contributed by atoms with Gasteiger partial charge in [-0.1, -0.05) is 6.07 Å². The van der Waals surface area contributed by atoms with Crippen LogP contribution in [0.15, 0.2) is 29.2 Å². The molecule has 2 N–H and O–H groups in total. The van der Waals surface area contributed by atoms with Crippen molar-refractivity contribution in [3.63, 3.8) is 0 Å². The Bertz CT molecular complexity index is 407. The van der Waals surface area contributed by atoms with Gasteiger partial charge in [0.05, 0.1) is 0 Å². The molecule has 0 radical (unpaired) electrons. The van der Waals surface area contributed by atoms with Crippen LogP contribution in [-0.2, 0) is 15.6 Å². The van der Waals surface area contributed by atoms with Crippen molar-refractivity contribution < 1.29 is 9.00 Å². The fourth-order valence-electron chi connectivity index (χ4n) is 1.40. The number of hydrogen-bond donors (Lipinski definition) is 2. The van der Waals surface area contributed by atoms with Gasteiger partial charge in [0.2, 0.25) is 5.91 Å². The highest BCUT2D eigenvalue weighted by molar-refractivity contribution is 7.84. The molecule has 0 saturated carbocycles. The smallest absolute Gasteiger partial charge is 0.224 e. The van der Waals surface area contributed by atoms with Gasteiger partial charge in [-0.25, -0.2) is 0 Å². The topological polar surface area (TPSA) is 58.2 Å². The zero-order chi connectivity index (χ0) is 12.7. The van der Waals surface area contributed by atoms with E-state index >= 15 is 0 Å². The molecule has 17 heavy (non-hydrogen) atoms. The third-order valence-electron chi connectivity index (χ3n) is 2.28. The van der Waals surface area contributed by atoms with E-state index in [9.17, 15) is 9.00 Å². The van der Waals surface area contributed by atoms with Gasteiger partial charge in [0.25, 0.3) is 0 Å². The van der Waals surface area contributed by atoms with Crippen molar-refractivity contribution in [2.75, 3.05) is 25.2 Å². The van der Waals surface area contributed by atoms with Crippen molar-refractivity contribution in [1.29, 1.82) is 0 Å². The first-order valence-electron chi connectivity index (χ1n) is 5.51. The number of anilines is 1. The molecule has 0 spiro atoms. The molecule has 0 saturated heterocycles. The van der Waals surface area contributed by atoms with E-state index in [1.54, 1.807) is 30.5 Å². The molecule has 5 heteroatoms. The summed E-state index contributed by atoms with van der Waals surface area (Å²) in [7, 11) is 0.837. The number of nitrogens with one attached hydrogen (secondary N) is 2. The zero-order valence-electron chi connectivity index (χ0n) is 10.2. The van der Waals surface area contributed by atoms with Crippen molar-refractivity contribution >= 4 is 22.4 Å². The van der Waals surface area contributed by atoms with E-state index in [1.165, 1.54) is 0 Å². The van der Waals surface area contributed by atoms with E-state index in [4.69, 9.17) is 0 Å². The van der Waals surface area contributed by atoms with Crippen LogP contribution in [0.2, 0.25) is 0 Å². The Hall–Kier alpha value is -1.20. The molecule has 0 aromatic heterocycles. The minimum Gasteiger partial charge on any atom is -0.326 e. The Labute approximate surface area is 104 Å². The Morgan fingerprint density at radius 1 is 1.41 bits per heavy atom. The minimum atomic E-state index is -1.02. The van der Waals surface area contributed by atoms with Crippen molar-refractivity contribution in [2.24, 2.45) is 0 Å². The van der Waals surface area contributed by atoms with Gasteiger partial charge in [0.15, 0.2) is 0 Å². The molecule has 0 aliphatic rings. The summed E-state index contributed by atoms with van der Waals surface area (Å²) in [6.07, 6.45) is 2.91. The van der Waals surface area contributed by atoms with E-state index < -0.39 is 10.8 Å². The lowest BCUT2D eigenvalue weighted by molar-refractivity contribution is -0.116. The summed E-state index contributed by atoms with van der Waals surface area (Å²) in [6.45, 7) is 0.826. The van der Waals surface area contributed by atoms with E-state index in [-0.39, 0.29) is 5.91 Å². The lowest BCUT2D eigenvalue weighted by atomic mass is 10.2. The molecule has 1 amide bonds. The van der Waals surface area contributed by atoms with Gasteiger partial charge in [-0.15, -0.1) is 0 Å². The van der Waals surface area contributed by atoms with Crippen molar-refractivity contribution in [3.8, 4) is 0 Å². The lowest BCUT2D eigenvalue weighted by Gasteiger charge is -2.06. The van der Waals surface area contributed by atoms with E-state index in [0.29, 0.717) is 12.1 Å². The fourth-order valence-corrected chi connectivity index (χ4v) is 1.97. The van der Waals surface area contributed by atoms with Gasteiger partial charge in [0.1, 0.15) is 0 Å². The summed E-state index contributed by atoms with van der Waals surface area (Å²) in [5, 5.41) is 5.79. The van der Waals surface area contributed by atoms with Crippen molar-refractivity contribution in [3.05, 3.63) is 24.3 Å². The average molecular weight is 254 g/mol. The molecule has 1 atom stereocenters. The first-order chi connectivity index (χ1) is 8.13. The SMILES string of the molecule is CNCCCC(=O)Nc1cccc(S(C)=O)c1. The van der Waals surface area contributed by atoms with Gasteiger partial charge < -0.3 is 10.6 Å². The van der Waals surface area contributed by atoms with Crippen LogP contribution < -0.4 is 10.6 Å². The number of benzene rings is 1. The van der Waals surface area contributed by atoms with Crippen molar-refractivity contribution in [2.45, 2.75) is 17.7 Å². The van der Waals surface area contributed by atoms with E-state index in [0.717, 1.165) is 17.9 Å². The molecule has 1 unspecified atom stereocenters. The normalized spacial score (nSPS) is 12.1. The highest BCUT2D eigenvalue weighted by Crippen LogP contribution is 2.13.